The summed E-state index contributed by atoms with van der Waals surface area (Å²) in [5, 5.41) is 18.4. The summed E-state index contributed by atoms with van der Waals surface area (Å²) >= 11 is 0. The first-order valence-corrected chi connectivity index (χ1v) is 7.15. The summed E-state index contributed by atoms with van der Waals surface area (Å²) in [5.41, 5.74) is 0.233. The van der Waals surface area contributed by atoms with Crippen LogP contribution in [0.15, 0.2) is 29.2 Å². The molecule has 2 amide bonds. The summed E-state index contributed by atoms with van der Waals surface area (Å²) in [5.74, 6) is -1.75. The first kappa shape index (κ1) is 15.9. The van der Waals surface area contributed by atoms with Gasteiger partial charge in [0, 0.05) is 12.2 Å². The summed E-state index contributed by atoms with van der Waals surface area (Å²) < 4.78 is 22.3. The highest BCUT2D eigenvalue weighted by atomic mass is 32.2. The van der Waals surface area contributed by atoms with Crippen LogP contribution < -0.4 is 15.8 Å². The van der Waals surface area contributed by atoms with Gasteiger partial charge in [-0.05, 0) is 18.2 Å². The van der Waals surface area contributed by atoms with Gasteiger partial charge in [0.2, 0.25) is 10.0 Å². The fraction of sp³-hybridized carbons (Fsp3) is 0.273. The van der Waals surface area contributed by atoms with Crippen LogP contribution in [-0.2, 0) is 14.8 Å². The molecule has 0 aromatic heterocycles. The van der Waals surface area contributed by atoms with Crippen molar-refractivity contribution in [3.63, 3.8) is 0 Å². The van der Waals surface area contributed by atoms with Crippen LogP contribution in [0.1, 0.15) is 6.92 Å². The molecule has 0 spiro atoms. The number of rotatable bonds is 5. The fourth-order valence-corrected chi connectivity index (χ4v) is 1.82. The van der Waals surface area contributed by atoms with Crippen LogP contribution in [0.2, 0.25) is 0 Å². The van der Waals surface area contributed by atoms with Crippen molar-refractivity contribution in [2.75, 3.05) is 11.9 Å². The molecule has 1 aromatic carbocycles. The molecule has 1 atom stereocenters. The maximum Gasteiger partial charge on any atom is 0.319 e. The third-order valence-corrected chi connectivity index (χ3v) is 3.32. The molecule has 1 aromatic rings. The number of carboxylic acids is 1. The van der Waals surface area contributed by atoms with Gasteiger partial charge in [0.25, 0.3) is 0 Å². The van der Waals surface area contributed by atoms with E-state index < -0.39 is 27.9 Å². The molecule has 8 nitrogen and oxygen atoms in total. The number of benzene rings is 1. The van der Waals surface area contributed by atoms with Crippen molar-refractivity contribution in [3.05, 3.63) is 24.3 Å². The van der Waals surface area contributed by atoms with E-state index in [0.717, 1.165) is 0 Å². The van der Waals surface area contributed by atoms with Crippen molar-refractivity contribution in [2.45, 2.75) is 11.8 Å². The minimum absolute atomic E-state index is 0.0456. The zero-order chi connectivity index (χ0) is 15.3. The normalized spacial score (nSPS) is 12.5. The molecule has 0 aliphatic rings. The first-order chi connectivity index (χ1) is 9.20. The summed E-state index contributed by atoms with van der Waals surface area (Å²) in [6.45, 7) is 1.40. The maximum absolute atomic E-state index is 11.5. The molecule has 0 heterocycles. The Morgan fingerprint density at radius 2 is 2.05 bits per heavy atom. The van der Waals surface area contributed by atoms with Crippen molar-refractivity contribution >= 4 is 27.7 Å². The highest BCUT2D eigenvalue weighted by Gasteiger charge is 2.13. The molecule has 20 heavy (non-hydrogen) atoms. The minimum Gasteiger partial charge on any atom is -0.481 e. The molecule has 0 radical (unpaired) electrons. The fourth-order valence-electron chi connectivity index (χ4n) is 1.26. The molecule has 110 valence electrons. The number of nitrogens with one attached hydrogen (secondary N) is 2. The average Bonchev–Trinajstić information content (AvgIpc) is 2.35. The lowest BCUT2D eigenvalue weighted by Gasteiger charge is -2.10. The van der Waals surface area contributed by atoms with Gasteiger partial charge in [-0.2, -0.15) is 0 Å². The molecule has 0 aliphatic heterocycles. The topological polar surface area (TPSA) is 139 Å². The van der Waals surface area contributed by atoms with Crippen molar-refractivity contribution in [1.82, 2.24) is 5.32 Å². The van der Waals surface area contributed by atoms with E-state index in [2.05, 4.69) is 10.6 Å². The van der Waals surface area contributed by atoms with E-state index in [1.54, 1.807) is 0 Å². The Kier molecular flexibility index (Phi) is 5.06. The predicted molar refractivity (Wildman–Crippen MR) is 71.6 cm³/mol. The third-order valence-electron chi connectivity index (χ3n) is 2.41. The maximum atomic E-state index is 11.5. The Morgan fingerprint density at radius 3 is 2.60 bits per heavy atom. The number of urea groups is 1. The monoisotopic (exact) mass is 301 g/mol. The van der Waals surface area contributed by atoms with Gasteiger partial charge in [0.05, 0.1) is 10.8 Å². The Labute approximate surface area is 116 Å². The highest BCUT2D eigenvalue weighted by molar-refractivity contribution is 7.89. The van der Waals surface area contributed by atoms with Gasteiger partial charge < -0.3 is 15.7 Å². The molecule has 0 saturated carbocycles. The molecule has 0 aliphatic carbocycles. The number of sulfonamides is 1. The van der Waals surface area contributed by atoms with Gasteiger partial charge in [-0.3, -0.25) is 4.79 Å². The van der Waals surface area contributed by atoms with E-state index in [9.17, 15) is 18.0 Å². The average molecular weight is 301 g/mol. The van der Waals surface area contributed by atoms with E-state index in [0.29, 0.717) is 0 Å². The SMILES string of the molecule is CC(CNC(=O)Nc1cccc(S(N)(=O)=O)c1)C(=O)O. The number of hydrogen-bond donors (Lipinski definition) is 4. The summed E-state index contributed by atoms with van der Waals surface area (Å²) in [4.78, 5) is 21.9. The Balaban J connectivity index is 2.65. The quantitative estimate of drug-likeness (QED) is 0.614. The summed E-state index contributed by atoms with van der Waals surface area (Å²) in [6.07, 6.45) is 0. The van der Waals surface area contributed by atoms with Gasteiger partial charge in [0.1, 0.15) is 0 Å². The van der Waals surface area contributed by atoms with Crippen LogP contribution >= 0.6 is 0 Å². The van der Waals surface area contributed by atoms with Gasteiger partial charge in [-0.1, -0.05) is 13.0 Å². The molecular weight excluding hydrogens is 286 g/mol. The van der Waals surface area contributed by atoms with E-state index in [1.807, 2.05) is 0 Å². The zero-order valence-electron chi connectivity index (χ0n) is 10.7. The predicted octanol–water partition coefficient (Wildman–Crippen LogP) is 0.176. The van der Waals surface area contributed by atoms with Gasteiger partial charge in [-0.15, -0.1) is 0 Å². The Bertz CT molecular complexity index is 614. The number of nitrogens with two attached hydrogens (primary N) is 1. The number of hydrogen-bond acceptors (Lipinski definition) is 4. The third kappa shape index (κ3) is 4.86. The van der Waals surface area contributed by atoms with Crippen LogP contribution in [-0.4, -0.2) is 32.1 Å². The number of amides is 2. The number of aliphatic carboxylic acids is 1. The van der Waals surface area contributed by atoms with Gasteiger partial charge in [0.15, 0.2) is 0 Å². The standard InChI is InChI=1S/C11H15N3O5S/c1-7(10(15)16)6-13-11(17)14-8-3-2-4-9(5-8)20(12,18)19/h2-5,7H,6H2,1H3,(H,15,16)(H2,12,18,19)(H2,13,14,17). The second-order valence-corrected chi connectivity index (χ2v) is 5.71. The number of carbonyl (C=O) groups excluding carboxylic acids is 1. The molecular formula is C11H15N3O5S. The van der Waals surface area contributed by atoms with Gasteiger partial charge >= 0.3 is 12.0 Å². The number of anilines is 1. The first-order valence-electron chi connectivity index (χ1n) is 5.60. The van der Waals surface area contributed by atoms with Crippen LogP contribution in [0, 0.1) is 5.92 Å². The lowest BCUT2D eigenvalue weighted by atomic mass is 10.2. The van der Waals surface area contributed by atoms with E-state index in [-0.39, 0.29) is 17.1 Å². The van der Waals surface area contributed by atoms with E-state index in [1.165, 1.54) is 31.2 Å². The van der Waals surface area contributed by atoms with Crippen molar-refractivity contribution in [1.29, 1.82) is 0 Å². The Hall–Kier alpha value is -2.13. The minimum atomic E-state index is -3.85. The summed E-state index contributed by atoms with van der Waals surface area (Å²) in [7, 11) is -3.85. The number of carbonyl (C=O) groups is 2. The van der Waals surface area contributed by atoms with Gasteiger partial charge in [-0.25, -0.2) is 18.4 Å². The molecule has 0 fully saturated rings. The smallest absolute Gasteiger partial charge is 0.319 e. The summed E-state index contributed by atoms with van der Waals surface area (Å²) in [6, 6.07) is 4.77. The second-order valence-electron chi connectivity index (χ2n) is 4.15. The van der Waals surface area contributed by atoms with Crippen LogP contribution in [0.3, 0.4) is 0 Å². The number of primary sulfonamides is 1. The zero-order valence-corrected chi connectivity index (χ0v) is 11.5. The molecule has 1 unspecified atom stereocenters. The lowest BCUT2D eigenvalue weighted by molar-refractivity contribution is -0.140. The van der Waals surface area contributed by atoms with Crippen LogP contribution in [0.5, 0.6) is 0 Å². The Morgan fingerprint density at radius 1 is 1.40 bits per heavy atom. The highest BCUT2D eigenvalue weighted by Crippen LogP contribution is 2.13. The molecule has 0 bridgehead atoms. The van der Waals surface area contributed by atoms with Crippen LogP contribution in [0.4, 0.5) is 10.5 Å². The molecule has 9 heteroatoms. The van der Waals surface area contributed by atoms with Crippen molar-refractivity contribution in [3.8, 4) is 0 Å². The van der Waals surface area contributed by atoms with Crippen LogP contribution in [0.25, 0.3) is 0 Å². The van der Waals surface area contributed by atoms with E-state index >= 15 is 0 Å². The largest absolute Gasteiger partial charge is 0.481 e. The second kappa shape index (κ2) is 6.35. The lowest BCUT2D eigenvalue weighted by Crippen LogP contribution is -2.34. The molecule has 1 rings (SSSR count). The van der Waals surface area contributed by atoms with Crippen molar-refractivity contribution < 1.29 is 23.1 Å². The molecule has 5 N–H and O–H groups in total. The van der Waals surface area contributed by atoms with E-state index in [4.69, 9.17) is 10.2 Å². The number of carboxylic acid groups (broad SMARTS) is 1. The molecule has 0 saturated heterocycles. The van der Waals surface area contributed by atoms with Crippen molar-refractivity contribution in [2.24, 2.45) is 11.1 Å².